The SMILES string of the molecule is COc1ccc(CCCNC(=O)CCN2C(=O)C3CC=CCC3C2=O)cc1. The Bertz CT molecular complexity index is 700. The van der Waals surface area contributed by atoms with E-state index in [2.05, 4.69) is 5.32 Å². The van der Waals surface area contributed by atoms with Gasteiger partial charge in [0.05, 0.1) is 18.9 Å². The summed E-state index contributed by atoms with van der Waals surface area (Å²) in [7, 11) is 1.64. The maximum absolute atomic E-state index is 12.4. The molecule has 0 saturated carbocycles. The summed E-state index contributed by atoms with van der Waals surface area (Å²) in [5.74, 6) is 0.000407. The van der Waals surface area contributed by atoms with Crippen LogP contribution < -0.4 is 10.1 Å². The van der Waals surface area contributed by atoms with E-state index in [9.17, 15) is 14.4 Å². The molecule has 3 amide bonds. The average Bonchev–Trinajstić information content (AvgIpc) is 2.94. The van der Waals surface area contributed by atoms with Crippen LogP contribution in [0.3, 0.4) is 0 Å². The first-order valence-electron chi connectivity index (χ1n) is 9.50. The molecule has 0 aromatic heterocycles. The lowest BCUT2D eigenvalue weighted by Crippen LogP contribution is -2.35. The van der Waals surface area contributed by atoms with Gasteiger partial charge < -0.3 is 10.1 Å². The number of imide groups is 1. The van der Waals surface area contributed by atoms with Gasteiger partial charge in [-0.3, -0.25) is 19.3 Å². The Labute approximate surface area is 159 Å². The first-order chi connectivity index (χ1) is 13.1. The normalized spacial score (nSPS) is 21.3. The molecule has 2 aliphatic rings. The largest absolute Gasteiger partial charge is 0.497 e. The zero-order chi connectivity index (χ0) is 19.2. The standard InChI is InChI=1S/C21H26N2O4/c1-27-16-10-8-15(9-11-16)5-4-13-22-19(24)12-14-23-20(25)17-6-2-3-7-18(17)21(23)26/h2-3,8-11,17-18H,4-7,12-14H2,1H3,(H,22,24). The molecule has 0 bridgehead atoms. The monoisotopic (exact) mass is 370 g/mol. The Morgan fingerprint density at radius 3 is 2.33 bits per heavy atom. The van der Waals surface area contributed by atoms with Gasteiger partial charge in [-0.25, -0.2) is 0 Å². The molecule has 1 saturated heterocycles. The van der Waals surface area contributed by atoms with Gasteiger partial charge in [0.1, 0.15) is 5.75 Å². The molecule has 6 nitrogen and oxygen atoms in total. The van der Waals surface area contributed by atoms with Crippen molar-refractivity contribution in [2.75, 3.05) is 20.2 Å². The highest BCUT2D eigenvalue weighted by molar-refractivity contribution is 6.05. The molecule has 1 aromatic rings. The number of aryl methyl sites for hydroxylation is 1. The summed E-state index contributed by atoms with van der Waals surface area (Å²) in [5, 5.41) is 2.87. The van der Waals surface area contributed by atoms with E-state index >= 15 is 0 Å². The number of benzene rings is 1. The Morgan fingerprint density at radius 2 is 1.74 bits per heavy atom. The Balaban J connectivity index is 1.36. The van der Waals surface area contributed by atoms with Crippen molar-refractivity contribution in [2.24, 2.45) is 11.8 Å². The van der Waals surface area contributed by atoms with Gasteiger partial charge in [0, 0.05) is 19.5 Å². The third kappa shape index (κ3) is 4.56. The van der Waals surface area contributed by atoms with Crippen LogP contribution in [-0.4, -0.2) is 42.8 Å². The molecule has 144 valence electrons. The third-order valence-electron chi connectivity index (χ3n) is 5.28. The fourth-order valence-electron chi connectivity index (χ4n) is 3.70. The number of fused-ring (bicyclic) bond motifs is 1. The van der Waals surface area contributed by atoms with Gasteiger partial charge in [0.25, 0.3) is 0 Å². The van der Waals surface area contributed by atoms with Crippen LogP contribution in [0, 0.1) is 11.8 Å². The van der Waals surface area contributed by atoms with Gasteiger partial charge in [-0.1, -0.05) is 24.3 Å². The second-order valence-electron chi connectivity index (χ2n) is 7.04. The number of carbonyl (C=O) groups excluding carboxylic acids is 3. The number of hydrogen-bond acceptors (Lipinski definition) is 4. The van der Waals surface area contributed by atoms with E-state index in [4.69, 9.17) is 4.74 Å². The molecule has 27 heavy (non-hydrogen) atoms. The first-order valence-corrected chi connectivity index (χ1v) is 9.50. The average molecular weight is 370 g/mol. The molecule has 1 aliphatic heterocycles. The lowest BCUT2D eigenvalue weighted by Gasteiger charge is -2.14. The van der Waals surface area contributed by atoms with E-state index in [1.54, 1.807) is 7.11 Å². The van der Waals surface area contributed by atoms with Crippen LogP contribution in [0.1, 0.15) is 31.2 Å². The molecular formula is C21H26N2O4. The number of hydrogen-bond donors (Lipinski definition) is 1. The van der Waals surface area contributed by atoms with E-state index in [-0.39, 0.29) is 42.5 Å². The number of likely N-dealkylation sites (tertiary alicyclic amines) is 1. The minimum atomic E-state index is -0.227. The molecule has 2 atom stereocenters. The maximum Gasteiger partial charge on any atom is 0.233 e. The minimum Gasteiger partial charge on any atom is -0.497 e. The molecule has 1 N–H and O–H groups in total. The van der Waals surface area contributed by atoms with Crippen LogP contribution in [0.5, 0.6) is 5.75 Å². The fraction of sp³-hybridized carbons (Fsp3) is 0.476. The van der Waals surface area contributed by atoms with Crippen molar-refractivity contribution in [3.05, 3.63) is 42.0 Å². The first kappa shape index (κ1) is 19.1. The van der Waals surface area contributed by atoms with E-state index in [0.29, 0.717) is 19.4 Å². The Morgan fingerprint density at radius 1 is 1.11 bits per heavy atom. The molecule has 0 spiro atoms. The molecule has 1 aromatic carbocycles. The molecule has 0 radical (unpaired) electrons. The number of ether oxygens (including phenoxy) is 1. The second kappa shape index (κ2) is 8.84. The summed E-state index contributed by atoms with van der Waals surface area (Å²) in [6.07, 6.45) is 7.04. The number of nitrogens with one attached hydrogen (secondary N) is 1. The Kier molecular flexibility index (Phi) is 6.27. The van der Waals surface area contributed by atoms with Crippen molar-refractivity contribution < 1.29 is 19.1 Å². The summed E-state index contributed by atoms with van der Waals surface area (Å²) in [6.45, 7) is 0.747. The van der Waals surface area contributed by atoms with Gasteiger partial charge in [-0.05, 0) is 43.4 Å². The molecule has 2 unspecified atom stereocenters. The molecule has 1 fully saturated rings. The number of amides is 3. The van der Waals surface area contributed by atoms with E-state index in [1.165, 1.54) is 10.5 Å². The maximum atomic E-state index is 12.4. The highest BCUT2D eigenvalue weighted by Crippen LogP contribution is 2.34. The molecule has 6 heteroatoms. The van der Waals surface area contributed by atoms with Gasteiger partial charge in [-0.15, -0.1) is 0 Å². The number of carbonyl (C=O) groups is 3. The van der Waals surface area contributed by atoms with Crippen LogP contribution in [0.25, 0.3) is 0 Å². The highest BCUT2D eigenvalue weighted by Gasteiger charge is 2.46. The van der Waals surface area contributed by atoms with Crippen molar-refractivity contribution in [3.8, 4) is 5.75 Å². The molecule has 1 aliphatic carbocycles. The summed E-state index contributed by atoms with van der Waals surface area (Å²) in [4.78, 5) is 38.0. The number of allylic oxidation sites excluding steroid dienone is 2. The van der Waals surface area contributed by atoms with Gasteiger partial charge >= 0.3 is 0 Å². The summed E-state index contributed by atoms with van der Waals surface area (Å²) in [6, 6.07) is 7.87. The minimum absolute atomic E-state index is 0.123. The predicted octanol–water partition coefficient (Wildman–Crippen LogP) is 2.09. The quantitative estimate of drug-likeness (QED) is 0.432. The van der Waals surface area contributed by atoms with Crippen molar-refractivity contribution in [2.45, 2.75) is 32.1 Å². The van der Waals surface area contributed by atoms with Crippen LogP contribution in [0.2, 0.25) is 0 Å². The zero-order valence-electron chi connectivity index (χ0n) is 15.6. The number of rotatable bonds is 8. The van der Waals surface area contributed by atoms with E-state index in [1.807, 2.05) is 36.4 Å². The number of nitrogens with zero attached hydrogens (tertiary/aromatic N) is 1. The third-order valence-corrected chi connectivity index (χ3v) is 5.28. The van der Waals surface area contributed by atoms with E-state index < -0.39 is 0 Å². The van der Waals surface area contributed by atoms with Gasteiger partial charge in [0.15, 0.2) is 0 Å². The smallest absolute Gasteiger partial charge is 0.233 e. The van der Waals surface area contributed by atoms with Crippen LogP contribution in [0.4, 0.5) is 0 Å². The van der Waals surface area contributed by atoms with Gasteiger partial charge in [-0.2, -0.15) is 0 Å². The number of methoxy groups -OCH3 is 1. The van der Waals surface area contributed by atoms with Crippen LogP contribution in [0.15, 0.2) is 36.4 Å². The van der Waals surface area contributed by atoms with Gasteiger partial charge in [0.2, 0.25) is 17.7 Å². The molecular weight excluding hydrogens is 344 g/mol. The summed E-state index contributed by atoms with van der Waals surface area (Å²) >= 11 is 0. The lowest BCUT2D eigenvalue weighted by molar-refractivity contribution is -0.140. The van der Waals surface area contributed by atoms with Crippen LogP contribution >= 0.6 is 0 Å². The summed E-state index contributed by atoms with van der Waals surface area (Å²) < 4.78 is 5.13. The van der Waals surface area contributed by atoms with Crippen molar-refractivity contribution in [1.82, 2.24) is 10.2 Å². The molecule has 3 rings (SSSR count). The highest BCUT2D eigenvalue weighted by atomic mass is 16.5. The van der Waals surface area contributed by atoms with Crippen molar-refractivity contribution in [1.29, 1.82) is 0 Å². The zero-order valence-corrected chi connectivity index (χ0v) is 15.6. The van der Waals surface area contributed by atoms with E-state index in [0.717, 1.165) is 18.6 Å². The topological polar surface area (TPSA) is 75.7 Å². The van der Waals surface area contributed by atoms with Crippen molar-refractivity contribution >= 4 is 17.7 Å². The van der Waals surface area contributed by atoms with Crippen molar-refractivity contribution in [3.63, 3.8) is 0 Å². The second-order valence-corrected chi connectivity index (χ2v) is 7.04. The van der Waals surface area contributed by atoms with Crippen LogP contribution in [-0.2, 0) is 20.8 Å². The predicted molar refractivity (Wildman–Crippen MR) is 101 cm³/mol. The summed E-state index contributed by atoms with van der Waals surface area (Å²) in [5.41, 5.74) is 1.19. The fourth-order valence-corrected chi connectivity index (χ4v) is 3.70. The lowest BCUT2D eigenvalue weighted by atomic mass is 9.85. The molecule has 1 heterocycles. The Hall–Kier alpha value is -2.63.